The van der Waals surface area contributed by atoms with Crippen molar-refractivity contribution in [1.29, 1.82) is 0 Å². The molecule has 0 saturated carbocycles. The van der Waals surface area contributed by atoms with Gasteiger partial charge in [0.05, 0.1) is 0 Å². The van der Waals surface area contributed by atoms with Crippen molar-refractivity contribution in [2.75, 3.05) is 0 Å². The monoisotopic (exact) mass is 997 g/mol. The van der Waals surface area contributed by atoms with Crippen molar-refractivity contribution in [1.82, 2.24) is 0 Å². The first-order valence-corrected chi connectivity index (χ1v) is 25.7. The molecular weight excluding hydrogens is 934 g/mol. The van der Waals surface area contributed by atoms with Gasteiger partial charge in [0.15, 0.2) is 10.0 Å². The normalized spacial score (nSPS) is 16.1. The molecule has 1 aliphatic heterocycles. The molecule has 4 aromatic rings. The maximum absolute atomic E-state index is 15.6. The van der Waals surface area contributed by atoms with Gasteiger partial charge in [0.2, 0.25) is 0 Å². The molecule has 7 rings (SSSR count). The molecule has 6 nitrogen and oxygen atoms in total. The summed E-state index contributed by atoms with van der Waals surface area (Å²) in [5.74, 6) is 0.638. The fraction of sp³-hybridized carbons (Fsp3) is 0.529. The largest absolute Gasteiger partial charge is 1.00 e. The topological polar surface area (TPSA) is 83.8 Å². The fourth-order valence-corrected chi connectivity index (χ4v) is 12.4. The minimum Gasteiger partial charge on any atom is -0.427 e. The first-order valence-electron chi connectivity index (χ1n) is 22.7. The van der Waals surface area contributed by atoms with Crippen LogP contribution in [0.3, 0.4) is 0 Å². The van der Waals surface area contributed by atoms with E-state index in [-0.39, 0.29) is 69.4 Å². The summed E-state index contributed by atoms with van der Waals surface area (Å²) in [4.78, 5) is 0. The van der Waals surface area contributed by atoms with Crippen molar-refractivity contribution in [3.63, 3.8) is 0 Å². The molecule has 0 spiro atoms. The Morgan fingerprint density at radius 3 is 1.13 bits per heavy atom. The Morgan fingerprint density at radius 2 is 0.841 bits per heavy atom. The number of halogens is 3. The van der Waals surface area contributed by atoms with Gasteiger partial charge in [-0.05, 0) is 166 Å². The molecule has 3 aliphatic rings. The van der Waals surface area contributed by atoms with E-state index in [9.17, 15) is 21.6 Å². The van der Waals surface area contributed by atoms with Gasteiger partial charge in [0.25, 0.3) is 0 Å². The van der Waals surface area contributed by atoms with Crippen LogP contribution in [0.15, 0.2) is 36.4 Å². The number of aryl methyl sites for hydroxylation is 2. The summed E-state index contributed by atoms with van der Waals surface area (Å²) >= 11 is 0. The predicted octanol–water partition coefficient (Wildman–Crippen LogP) is 16.3. The molecule has 0 bridgehead atoms. The number of hydrogen-bond acceptors (Lipinski definition) is 5. The second-order valence-corrected chi connectivity index (χ2v) is 23.0. The van der Waals surface area contributed by atoms with Crippen LogP contribution in [-0.4, -0.2) is 13.9 Å². The van der Waals surface area contributed by atoms with E-state index in [1.807, 2.05) is 0 Å². The molecule has 0 unspecified atom stereocenters. The predicted molar refractivity (Wildman–Crippen MR) is 248 cm³/mol. The van der Waals surface area contributed by atoms with Crippen molar-refractivity contribution in [3.8, 4) is 44.9 Å². The van der Waals surface area contributed by atoms with E-state index in [0.29, 0.717) is 35.1 Å². The summed E-state index contributed by atoms with van der Waals surface area (Å²) in [5, 5.41) is 0. The average Bonchev–Trinajstić information content (AvgIpc) is 3.32. The molecule has 0 atom stereocenters. The molecule has 0 amide bonds. The summed E-state index contributed by atoms with van der Waals surface area (Å²) in [6.45, 7) is 25.5. The Hall–Kier alpha value is -2.85. The van der Waals surface area contributed by atoms with E-state index in [1.165, 1.54) is 0 Å². The minimum atomic E-state index is -6.37. The molecule has 346 valence electrons. The average molecular weight is 999 g/mol. The number of nitrogens with zero attached hydrogens (tertiary/aromatic N) is 1. The molecule has 2 aliphatic carbocycles. The Morgan fingerprint density at radius 1 is 0.524 bits per heavy atom. The Balaban J connectivity index is 0.00000661. The van der Waals surface area contributed by atoms with E-state index >= 15 is 4.57 Å². The van der Waals surface area contributed by atoms with Crippen molar-refractivity contribution in [2.45, 2.75) is 175 Å². The summed E-state index contributed by atoms with van der Waals surface area (Å²) in [6.07, 6.45) is 6.46. The van der Waals surface area contributed by atoms with Crippen molar-refractivity contribution < 1.29 is 57.6 Å². The molecule has 63 heavy (non-hydrogen) atoms. The molecule has 0 saturated heterocycles. The van der Waals surface area contributed by atoms with Gasteiger partial charge in [0, 0.05) is 22.3 Å². The quantitative estimate of drug-likeness (QED) is 0.117. The van der Waals surface area contributed by atoms with Gasteiger partial charge >= 0.3 is 35.6 Å². The number of sulfonamides is 1. The zero-order valence-electron chi connectivity index (χ0n) is 38.9. The standard InChI is InChI=1S/C51H64F3NO5PS.Ag/c1-27(2)35-23-39(29(5)6)45(40(24-35)30(7)8)43-21-33-17-13-15-19-37(33)47-48-38-20-16-14-18-34(38)22-44(46-41(31(9)10)25-36(28(3)4)26-42(46)32(11)12)50(48)60-61(56,59-49(43)47)55-62(57,58)51(52,53)54;/h21-32H,13-20H2,1-12H3;/q-1;+1. The van der Waals surface area contributed by atoms with Crippen LogP contribution < -0.4 is 9.05 Å². The van der Waals surface area contributed by atoms with Crippen molar-refractivity contribution in [3.05, 3.63) is 96.5 Å². The summed E-state index contributed by atoms with van der Waals surface area (Å²) < 4.78 is 102. The van der Waals surface area contributed by atoms with E-state index in [2.05, 4.69) is 124 Å². The van der Waals surface area contributed by atoms with Crippen LogP contribution in [0.1, 0.15) is 200 Å². The minimum absolute atomic E-state index is 0. The third-order valence-electron chi connectivity index (χ3n) is 13.2. The van der Waals surface area contributed by atoms with Crippen LogP contribution in [0.4, 0.5) is 13.2 Å². The van der Waals surface area contributed by atoms with E-state index in [4.69, 9.17) is 9.05 Å². The van der Waals surface area contributed by atoms with Gasteiger partial charge in [-0.15, -0.1) is 0 Å². The Bertz CT molecular complexity index is 2370. The van der Waals surface area contributed by atoms with Crippen LogP contribution in [0, 0.1) is 0 Å². The van der Waals surface area contributed by atoms with Gasteiger partial charge in [0.1, 0.15) is 11.5 Å². The van der Waals surface area contributed by atoms with Crippen LogP contribution >= 0.6 is 7.75 Å². The summed E-state index contributed by atoms with van der Waals surface area (Å²) in [6, 6.07) is 12.9. The number of benzene rings is 4. The number of hydrogen-bond donors (Lipinski definition) is 0. The van der Waals surface area contributed by atoms with Gasteiger partial charge in [-0.1, -0.05) is 107 Å². The zero-order valence-corrected chi connectivity index (χ0v) is 42.1. The second-order valence-electron chi connectivity index (χ2n) is 19.7. The number of fused-ring (bicyclic) bond motifs is 7. The van der Waals surface area contributed by atoms with E-state index in [1.54, 1.807) is 0 Å². The maximum Gasteiger partial charge on any atom is 1.00 e. The molecule has 0 N–H and O–H groups in total. The SMILES string of the molecule is CC(C)c1cc(C(C)C)c(-c2cc3c(c4c2OP(=O)([N-]S(=O)(=O)C(F)(F)F)Oc2c(-c5c(C(C)C)cc(C(C)C)cc5C(C)C)cc5c(c2-4)CCCC5)CCCC3)c(C(C)C)c1.[Ag+]. The summed E-state index contributed by atoms with van der Waals surface area (Å²) in [7, 11) is -12.0. The van der Waals surface area contributed by atoms with Gasteiger partial charge < -0.3 is 13.5 Å². The zero-order chi connectivity index (χ0) is 45.4. The van der Waals surface area contributed by atoms with Crippen LogP contribution in [-0.2, 0) is 62.7 Å². The second kappa shape index (κ2) is 18.4. The third kappa shape index (κ3) is 9.30. The summed E-state index contributed by atoms with van der Waals surface area (Å²) in [5.41, 5.74) is 8.79. The maximum atomic E-state index is 15.6. The van der Waals surface area contributed by atoms with E-state index < -0.39 is 23.3 Å². The molecule has 0 fully saturated rings. The first kappa shape index (κ1) is 49.6. The molecule has 12 heteroatoms. The smallest absolute Gasteiger partial charge is 0.427 e. The Labute approximate surface area is 390 Å². The first-order chi connectivity index (χ1) is 28.9. The van der Waals surface area contributed by atoms with E-state index in [0.717, 1.165) is 105 Å². The Kier molecular flexibility index (Phi) is 14.5. The molecule has 4 aromatic carbocycles. The fourth-order valence-electron chi connectivity index (χ4n) is 9.85. The number of rotatable bonds is 10. The van der Waals surface area contributed by atoms with Crippen molar-refractivity contribution >= 4 is 17.8 Å². The van der Waals surface area contributed by atoms with Crippen LogP contribution in [0.25, 0.3) is 37.9 Å². The third-order valence-corrected chi connectivity index (χ3v) is 16.2. The molecular formula is C51H64AgF3NO5PS. The van der Waals surface area contributed by atoms with Crippen LogP contribution in [0.5, 0.6) is 11.5 Å². The van der Waals surface area contributed by atoms with Gasteiger partial charge in [-0.2, -0.15) is 13.2 Å². The molecule has 0 aromatic heterocycles. The van der Waals surface area contributed by atoms with Crippen molar-refractivity contribution in [2.24, 2.45) is 0 Å². The molecule has 0 radical (unpaired) electrons. The molecule has 1 heterocycles. The van der Waals surface area contributed by atoms with Crippen LogP contribution in [0.2, 0.25) is 0 Å². The number of alkyl halides is 3. The van der Waals surface area contributed by atoms with Gasteiger partial charge in [-0.3, -0.25) is 4.57 Å². The van der Waals surface area contributed by atoms with Gasteiger partial charge in [-0.25, -0.2) is 8.42 Å².